The van der Waals surface area contributed by atoms with E-state index in [0.717, 1.165) is 36.1 Å². The molecular weight excluding hydrogens is 481 g/mol. The highest BCUT2D eigenvalue weighted by atomic mass is 19.4. The molecule has 0 radical (unpaired) electrons. The lowest BCUT2D eigenvalue weighted by Crippen LogP contribution is -2.48. The topological polar surface area (TPSA) is 49.9 Å². The van der Waals surface area contributed by atoms with Gasteiger partial charge < -0.3 is 14.5 Å². The molecule has 0 aromatic heterocycles. The van der Waals surface area contributed by atoms with Gasteiger partial charge in [0.1, 0.15) is 5.60 Å². The van der Waals surface area contributed by atoms with Crippen molar-refractivity contribution in [2.45, 2.75) is 71.2 Å². The van der Waals surface area contributed by atoms with Gasteiger partial charge in [-0.2, -0.15) is 13.2 Å². The third-order valence-electron chi connectivity index (χ3n) is 7.21. The Morgan fingerprint density at radius 3 is 2.14 bits per heavy atom. The van der Waals surface area contributed by atoms with Crippen LogP contribution in [0.2, 0.25) is 0 Å². The summed E-state index contributed by atoms with van der Waals surface area (Å²) in [4.78, 5) is 29.6. The molecule has 2 heterocycles. The summed E-state index contributed by atoms with van der Waals surface area (Å²) in [6, 6.07) is 11.1. The number of carbonyl (C=O) groups excluding carboxylic acids is 2. The molecule has 0 spiro atoms. The fourth-order valence-electron chi connectivity index (χ4n) is 5.30. The first-order chi connectivity index (χ1) is 17.4. The summed E-state index contributed by atoms with van der Waals surface area (Å²) >= 11 is 0. The Morgan fingerprint density at radius 1 is 0.946 bits per heavy atom. The van der Waals surface area contributed by atoms with Crippen LogP contribution in [0.4, 0.5) is 18.0 Å². The highest BCUT2D eigenvalue weighted by Gasteiger charge is 2.36. The molecule has 2 aromatic rings. The largest absolute Gasteiger partial charge is 0.444 e. The van der Waals surface area contributed by atoms with Crippen LogP contribution < -0.4 is 0 Å². The minimum Gasteiger partial charge on any atom is -0.444 e. The van der Waals surface area contributed by atoms with E-state index in [1.54, 1.807) is 4.90 Å². The second-order valence-electron chi connectivity index (χ2n) is 10.9. The average Bonchev–Trinajstić information content (AvgIpc) is 2.86. The molecule has 1 fully saturated rings. The predicted octanol–water partition coefficient (Wildman–Crippen LogP) is 6.86. The van der Waals surface area contributed by atoms with E-state index in [9.17, 15) is 22.8 Å². The van der Waals surface area contributed by atoms with Gasteiger partial charge in [-0.25, -0.2) is 4.79 Å². The van der Waals surface area contributed by atoms with Crippen LogP contribution in [0.3, 0.4) is 0 Å². The normalized spacial score (nSPS) is 18.9. The Bertz CT molecular complexity index is 1130. The number of likely N-dealkylation sites (tertiary alicyclic amines) is 1. The van der Waals surface area contributed by atoms with Crippen LogP contribution in [0.25, 0.3) is 11.1 Å². The molecule has 8 heteroatoms. The lowest BCUT2D eigenvalue weighted by atomic mass is 9.86. The molecule has 37 heavy (non-hydrogen) atoms. The van der Waals surface area contributed by atoms with Gasteiger partial charge in [-0.15, -0.1) is 0 Å². The van der Waals surface area contributed by atoms with Gasteiger partial charge in [0.15, 0.2) is 0 Å². The van der Waals surface area contributed by atoms with Crippen molar-refractivity contribution in [2.24, 2.45) is 5.92 Å². The van der Waals surface area contributed by atoms with Gasteiger partial charge >= 0.3 is 12.3 Å². The molecule has 0 saturated carbocycles. The maximum absolute atomic E-state index is 13.6. The van der Waals surface area contributed by atoms with Crippen molar-refractivity contribution in [3.8, 4) is 11.1 Å². The number of alkyl halides is 3. The van der Waals surface area contributed by atoms with Crippen molar-refractivity contribution in [1.82, 2.24) is 9.80 Å². The van der Waals surface area contributed by atoms with Gasteiger partial charge in [-0.05, 0) is 86.9 Å². The maximum Gasteiger partial charge on any atom is 0.416 e. The van der Waals surface area contributed by atoms with E-state index in [4.69, 9.17) is 4.74 Å². The van der Waals surface area contributed by atoms with Crippen molar-refractivity contribution in [3.05, 3.63) is 59.2 Å². The van der Waals surface area contributed by atoms with Crippen LogP contribution in [-0.4, -0.2) is 47.0 Å². The molecule has 1 saturated heterocycles. The predicted molar refractivity (Wildman–Crippen MR) is 136 cm³/mol. The van der Waals surface area contributed by atoms with E-state index in [-0.39, 0.29) is 24.0 Å². The number of hydrogen-bond donors (Lipinski definition) is 0. The third kappa shape index (κ3) is 6.11. The van der Waals surface area contributed by atoms with E-state index in [1.165, 1.54) is 17.7 Å². The second-order valence-corrected chi connectivity index (χ2v) is 10.9. The average molecular weight is 517 g/mol. The van der Waals surface area contributed by atoms with Gasteiger partial charge in [-0.3, -0.25) is 4.79 Å². The first kappa shape index (κ1) is 27.0. The number of halogens is 3. The van der Waals surface area contributed by atoms with E-state index >= 15 is 0 Å². The highest BCUT2D eigenvalue weighted by molar-refractivity contribution is 5.80. The molecule has 2 aliphatic heterocycles. The van der Waals surface area contributed by atoms with Crippen LogP contribution in [0.15, 0.2) is 42.5 Å². The number of amides is 2. The number of fused-ring (bicyclic) bond motifs is 1. The summed E-state index contributed by atoms with van der Waals surface area (Å²) in [5.74, 6) is -0.0337. The van der Waals surface area contributed by atoms with Crippen LogP contribution in [0.5, 0.6) is 0 Å². The van der Waals surface area contributed by atoms with E-state index < -0.39 is 17.3 Å². The fourth-order valence-corrected chi connectivity index (χ4v) is 5.30. The first-order valence-corrected chi connectivity index (χ1v) is 13.0. The van der Waals surface area contributed by atoms with Gasteiger partial charge in [0.25, 0.3) is 0 Å². The van der Waals surface area contributed by atoms with Crippen molar-refractivity contribution in [2.75, 3.05) is 19.6 Å². The SMILES string of the molecule is CC[C@@H]1c2cc(-c3ccc(C(F)(F)F)cc3)ccc2CCN1C(=O)C1CCN(C(=O)OC(C)(C)C)CC1. The monoisotopic (exact) mass is 516 g/mol. The third-order valence-corrected chi connectivity index (χ3v) is 7.21. The van der Waals surface area contributed by atoms with Gasteiger partial charge in [0.05, 0.1) is 11.6 Å². The number of rotatable bonds is 3. The molecule has 200 valence electrons. The minimum absolute atomic E-state index is 0.0884. The molecule has 0 unspecified atom stereocenters. The summed E-state index contributed by atoms with van der Waals surface area (Å²) in [6.07, 6.45) is -2.03. The fraction of sp³-hybridized carbons (Fsp3) is 0.517. The zero-order valence-electron chi connectivity index (χ0n) is 21.9. The quantitative estimate of drug-likeness (QED) is 0.448. The molecule has 2 aliphatic rings. The molecule has 0 bridgehead atoms. The Morgan fingerprint density at radius 2 is 1.57 bits per heavy atom. The standard InChI is InChI=1S/C29H35F3N2O3/c1-5-25-24-18-22(19-8-10-23(11-9-19)29(30,31)32)7-6-20(24)14-17-34(25)26(35)21-12-15-33(16-13-21)27(36)37-28(2,3)4/h6-11,18,21,25H,5,12-17H2,1-4H3/t25-/m1/s1. The van der Waals surface area contributed by atoms with Gasteiger partial charge in [-0.1, -0.05) is 31.2 Å². The van der Waals surface area contributed by atoms with E-state index in [0.29, 0.717) is 38.0 Å². The number of hydrogen-bond acceptors (Lipinski definition) is 3. The smallest absolute Gasteiger partial charge is 0.416 e. The van der Waals surface area contributed by atoms with Gasteiger partial charge in [0.2, 0.25) is 5.91 Å². The lowest BCUT2D eigenvalue weighted by Gasteiger charge is -2.41. The Balaban J connectivity index is 1.48. The zero-order chi connectivity index (χ0) is 27.0. The molecule has 1 atom stereocenters. The Kier molecular flexibility index (Phi) is 7.58. The summed E-state index contributed by atoms with van der Waals surface area (Å²) < 4.78 is 44.4. The molecule has 0 N–H and O–H groups in total. The molecule has 0 aliphatic carbocycles. The summed E-state index contributed by atoms with van der Waals surface area (Å²) in [5.41, 5.74) is 2.56. The lowest BCUT2D eigenvalue weighted by molar-refractivity contribution is -0.140. The molecule has 5 nitrogen and oxygen atoms in total. The van der Waals surface area contributed by atoms with Crippen LogP contribution >= 0.6 is 0 Å². The van der Waals surface area contributed by atoms with E-state index in [1.807, 2.05) is 43.9 Å². The summed E-state index contributed by atoms with van der Waals surface area (Å²) in [5, 5.41) is 0. The van der Waals surface area contributed by atoms with Gasteiger partial charge in [0, 0.05) is 25.6 Å². The van der Waals surface area contributed by atoms with Crippen molar-refractivity contribution < 1.29 is 27.5 Å². The van der Waals surface area contributed by atoms with Crippen LogP contribution in [0.1, 0.15) is 69.7 Å². The number of piperidine rings is 1. The number of benzene rings is 2. The maximum atomic E-state index is 13.6. The molecule has 4 rings (SSSR count). The molecule has 2 amide bonds. The number of ether oxygens (including phenoxy) is 1. The Labute approximate surface area is 216 Å². The Hall–Kier alpha value is -3.03. The van der Waals surface area contributed by atoms with Crippen LogP contribution in [0, 0.1) is 5.92 Å². The summed E-state index contributed by atoms with van der Waals surface area (Å²) in [7, 11) is 0. The van der Waals surface area contributed by atoms with Crippen molar-refractivity contribution in [1.29, 1.82) is 0 Å². The van der Waals surface area contributed by atoms with Crippen molar-refractivity contribution >= 4 is 12.0 Å². The highest BCUT2D eigenvalue weighted by Crippen LogP contribution is 2.38. The minimum atomic E-state index is -4.37. The number of carbonyl (C=O) groups is 2. The van der Waals surface area contributed by atoms with E-state index in [2.05, 4.69) is 6.92 Å². The number of nitrogens with zero attached hydrogens (tertiary/aromatic N) is 2. The first-order valence-electron chi connectivity index (χ1n) is 13.0. The zero-order valence-corrected chi connectivity index (χ0v) is 21.9. The molecule has 2 aromatic carbocycles. The van der Waals surface area contributed by atoms with Crippen molar-refractivity contribution in [3.63, 3.8) is 0 Å². The summed E-state index contributed by atoms with van der Waals surface area (Å²) in [6.45, 7) is 9.18. The second kappa shape index (κ2) is 10.4. The van der Waals surface area contributed by atoms with Crippen LogP contribution in [-0.2, 0) is 22.1 Å². The molecular formula is C29H35F3N2O3.